The number of amides is 1. The summed E-state index contributed by atoms with van der Waals surface area (Å²) in [6.45, 7) is 2.41. The van der Waals surface area contributed by atoms with E-state index in [4.69, 9.17) is 9.15 Å². The van der Waals surface area contributed by atoms with Crippen molar-refractivity contribution in [2.24, 2.45) is 0 Å². The molecule has 24 heavy (non-hydrogen) atoms. The number of benzene rings is 1. The van der Waals surface area contributed by atoms with E-state index < -0.39 is 0 Å². The molecule has 2 aromatic rings. The average molecular weight is 329 g/mol. The summed E-state index contributed by atoms with van der Waals surface area (Å²) in [5, 5.41) is 6.21. The Morgan fingerprint density at radius 1 is 1.46 bits per heavy atom. The molecule has 1 unspecified atom stereocenters. The zero-order valence-corrected chi connectivity index (χ0v) is 13.9. The van der Waals surface area contributed by atoms with E-state index in [1.165, 1.54) is 6.26 Å². The fraction of sp³-hybridized carbons (Fsp3) is 0.444. The largest absolute Gasteiger partial charge is 0.496 e. The Morgan fingerprint density at radius 2 is 2.33 bits per heavy atom. The van der Waals surface area contributed by atoms with E-state index in [1.54, 1.807) is 7.11 Å². The molecule has 1 fully saturated rings. The van der Waals surface area contributed by atoms with Crippen molar-refractivity contribution in [3.05, 3.63) is 47.7 Å². The molecule has 1 aliphatic heterocycles. The van der Waals surface area contributed by atoms with Gasteiger partial charge in [0, 0.05) is 19.0 Å². The van der Waals surface area contributed by atoms with E-state index in [0.717, 1.165) is 37.2 Å². The Kier molecular flexibility index (Phi) is 5.48. The van der Waals surface area contributed by atoms with Gasteiger partial charge in [0.05, 0.1) is 7.11 Å². The van der Waals surface area contributed by atoms with Crippen LogP contribution in [0.15, 0.2) is 34.9 Å². The van der Waals surface area contributed by atoms with Crippen LogP contribution in [0.5, 0.6) is 5.75 Å². The van der Waals surface area contributed by atoms with Crippen molar-refractivity contribution in [3.63, 3.8) is 0 Å². The highest BCUT2D eigenvalue weighted by molar-refractivity contribution is 5.91. The number of nitrogens with one attached hydrogen (secondary N) is 2. The quantitative estimate of drug-likeness (QED) is 0.849. The van der Waals surface area contributed by atoms with Gasteiger partial charge in [-0.25, -0.2) is 4.98 Å². The zero-order valence-electron chi connectivity index (χ0n) is 13.9. The van der Waals surface area contributed by atoms with Crippen molar-refractivity contribution in [1.29, 1.82) is 0 Å². The molecule has 2 N–H and O–H groups in total. The number of para-hydroxylation sites is 1. The summed E-state index contributed by atoms with van der Waals surface area (Å²) in [4.78, 5) is 16.6. The lowest BCUT2D eigenvalue weighted by Gasteiger charge is -2.19. The Hall–Kier alpha value is -2.34. The van der Waals surface area contributed by atoms with Gasteiger partial charge in [0.15, 0.2) is 11.6 Å². The second-order valence-electron chi connectivity index (χ2n) is 5.93. The minimum absolute atomic E-state index is 0.205. The molecule has 0 bridgehead atoms. The van der Waals surface area contributed by atoms with Crippen LogP contribution in [0, 0.1) is 0 Å². The average Bonchev–Trinajstić information content (AvgIpc) is 3.13. The van der Waals surface area contributed by atoms with E-state index in [1.807, 2.05) is 24.3 Å². The zero-order chi connectivity index (χ0) is 16.8. The number of piperidine rings is 1. The Bertz CT molecular complexity index is 678. The summed E-state index contributed by atoms with van der Waals surface area (Å²) in [5.74, 6) is 1.54. The molecule has 1 saturated heterocycles. The molecular formula is C18H23N3O3. The van der Waals surface area contributed by atoms with Crippen molar-refractivity contribution in [2.45, 2.75) is 25.2 Å². The number of carbonyl (C=O) groups is 1. The fourth-order valence-electron chi connectivity index (χ4n) is 2.95. The summed E-state index contributed by atoms with van der Waals surface area (Å²) in [6.07, 6.45) is 4.30. The lowest BCUT2D eigenvalue weighted by Crippen LogP contribution is -2.29. The molecule has 0 saturated carbocycles. The van der Waals surface area contributed by atoms with E-state index >= 15 is 0 Å². The van der Waals surface area contributed by atoms with E-state index in [2.05, 4.69) is 15.6 Å². The SMILES string of the molecule is COc1ccccc1CCNC(=O)c1coc(C2CCCNC2)n1. The molecule has 1 atom stereocenters. The van der Waals surface area contributed by atoms with Gasteiger partial charge in [0.2, 0.25) is 0 Å². The van der Waals surface area contributed by atoms with Gasteiger partial charge in [0.1, 0.15) is 12.0 Å². The summed E-state index contributed by atoms with van der Waals surface area (Å²) in [5.41, 5.74) is 1.41. The standard InChI is InChI=1S/C18H23N3O3/c1-23-16-7-3-2-5-13(16)8-10-20-17(22)15-12-24-18(21-15)14-6-4-9-19-11-14/h2-3,5,7,12,14,19H,4,6,8-11H2,1H3,(H,20,22). The van der Waals surface area contributed by atoms with E-state index in [9.17, 15) is 4.79 Å². The monoisotopic (exact) mass is 329 g/mol. The number of aromatic nitrogens is 1. The Morgan fingerprint density at radius 3 is 3.12 bits per heavy atom. The van der Waals surface area contributed by atoms with Gasteiger partial charge in [-0.15, -0.1) is 0 Å². The van der Waals surface area contributed by atoms with Gasteiger partial charge in [-0.1, -0.05) is 18.2 Å². The van der Waals surface area contributed by atoms with Crippen LogP contribution in [0.25, 0.3) is 0 Å². The first-order valence-corrected chi connectivity index (χ1v) is 8.34. The Balaban J connectivity index is 1.52. The third kappa shape index (κ3) is 3.94. The van der Waals surface area contributed by atoms with Crippen LogP contribution in [-0.4, -0.2) is 37.6 Å². The lowest BCUT2D eigenvalue weighted by atomic mass is 10.00. The van der Waals surface area contributed by atoms with Gasteiger partial charge in [-0.2, -0.15) is 0 Å². The first kappa shape index (κ1) is 16.5. The molecule has 0 spiro atoms. The van der Waals surface area contributed by atoms with Gasteiger partial charge in [-0.05, 0) is 37.4 Å². The first-order valence-electron chi connectivity index (χ1n) is 8.34. The van der Waals surface area contributed by atoms with Gasteiger partial charge in [-0.3, -0.25) is 4.79 Å². The molecule has 6 heteroatoms. The molecule has 0 aliphatic carbocycles. The van der Waals surface area contributed by atoms with Crippen molar-refractivity contribution in [2.75, 3.05) is 26.7 Å². The number of rotatable bonds is 6. The first-order chi connectivity index (χ1) is 11.8. The van der Waals surface area contributed by atoms with Crippen molar-refractivity contribution in [1.82, 2.24) is 15.6 Å². The predicted molar refractivity (Wildman–Crippen MR) is 90.4 cm³/mol. The highest BCUT2D eigenvalue weighted by Crippen LogP contribution is 2.22. The van der Waals surface area contributed by atoms with E-state index in [-0.39, 0.29) is 11.8 Å². The molecule has 1 aromatic heterocycles. The molecule has 3 rings (SSSR count). The third-order valence-electron chi connectivity index (χ3n) is 4.27. The highest BCUT2D eigenvalue weighted by atomic mass is 16.5. The van der Waals surface area contributed by atoms with Gasteiger partial charge >= 0.3 is 0 Å². The number of oxazole rings is 1. The molecule has 2 heterocycles. The summed E-state index contributed by atoms with van der Waals surface area (Å²) >= 11 is 0. The number of ether oxygens (including phenoxy) is 1. The third-order valence-corrected chi connectivity index (χ3v) is 4.27. The molecule has 1 aliphatic rings. The summed E-state index contributed by atoms with van der Waals surface area (Å²) in [6, 6.07) is 7.80. The Labute approximate surface area is 141 Å². The minimum Gasteiger partial charge on any atom is -0.496 e. The second kappa shape index (κ2) is 7.97. The second-order valence-corrected chi connectivity index (χ2v) is 5.93. The van der Waals surface area contributed by atoms with Crippen LogP contribution in [-0.2, 0) is 6.42 Å². The summed E-state index contributed by atoms with van der Waals surface area (Å²) in [7, 11) is 1.65. The smallest absolute Gasteiger partial charge is 0.273 e. The van der Waals surface area contributed by atoms with Crippen LogP contribution in [0.3, 0.4) is 0 Å². The number of nitrogens with zero attached hydrogens (tertiary/aromatic N) is 1. The van der Waals surface area contributed by atoms with Crippen LogP contribution in [0.1, 0.15) is 40.7 Å². The molecular weight excluding hydrogens is 306 g/mol. The number of methoxy groups -OCH3 is 1. The van der Waals surface area contributed by atoms with Crippen LogP contribution >= 0.6 is 0 Å². The van der Waals surface area contributed by atoms with Crippen molar-refractivity contribution >= 4 is 5.91 Å². The highest BCUT2D eigenvalue weighted by Gasteiger charge is 2.21. The molecule has 1 amide bonds. The fourth-order valence-corrected chi connectivity index (χ4v) is 2.95. The van der Waals surface area contributed by atoms with Crippen LogP contribution in [0.2, 0.25) is 0 Å². The summed E-state index contributed by atoms with van der Waals surface area (Å²) < 4.78 is 10.8. The number of hydrogen-bond donors (Lipinski definition) is 2. The van der Waals surface area contributed by atoms with Crippen molar-refractivity contribution < 1.29 is 13.9 Å². The van der Waals surface area contributed by atoms with E-state index in [0.29, 0.717) is 24.6 Å². The lowest BCUT2D eigenvalue weighted by molar-refractivity contribution is 0.0949. The molecule has 1 aromatic carbocycles. The van der Waals surface area contributed by atoms with Gasteiger partial charge < -0.3 is 19.8 Å². The maximum absolute atomic E-state index is 12.2. The predicted octanol–water partition coefficient (Wildman–Crippen LogP) is 2.12. The van der Waals surface area contributed by atoms with Gasteiger partial charge in [0.25, 0.3) is 5.91 Å². The number of carbonyl (C=O) groups excluding carboxylic acids is 1. The maximum Gasteiger partial charge on any atom is 0.273 e. The maximum atomic E-state index is 12.2. The number of hydrogen-bond acceptors (Lipinski definition) is 5. The minimum atomic E-state index is -0.205. The molecule has 6 nitrogen and oxygen atoms in total. The van der Waals surface area contributed by atoms with Crippen LogP contribution < -0.4 is 15.4 Å². The molecule has 128 valence electrons. The topological polar surface area (TPSA) is 76.4 Å². The van der Waals surface area contributed by atoms with Crippen LogP contribution in [0.4, 0.5) is 0 Å². The molecule has 0 radical (unpaired) electrons. The van der Waals surface area contributed by atoms with Crippen molar-refractivity contribution in [3.8, 4) is 5.75 Å². The normalized spacial score (nSPS) is 17.5.